The van der Waals surface area contributed by atoms with E-state index in [4.69, 9.17) is 0 Å². The summed E-state index contributed by atoms with van der Waals surface area (Å²) in [5.74, 6) is 0.0167. The smallest absolute Gasteiger partial charge is 0.325 e. The lowest BCUT2D eigenvalue weighted by molar-refractivity contribution is -0.137. The number of rotatable bonds is 8. The average molecular weight is 431 g/mol. The van der Waals surface area contributed by atoms with E-state index in [-0.39, 0.29) is 17.2 Å². The molecule has 2 aliphatic carbocycles. The third-order valence-electron chi connectivity index (χ3n) is 5.46. The fourth-order valence-corrected chi connectivity index (χ4v) is 3.51. The van der Waals surface area contributed by atoms with Crippen molar-refractivity contribution in [3.05, 3.63) is 59.7 Å². The lowest BCUT2D eigenvalue weighted by atomic mass is 10.1. The van der Waals surface area contributed by atoms with E-state index in [1.807, 2.05) is 0 Å². The second-order valence-corrected chi connectivity index (χ2v) is 8.27. The fourth-order valence-electron chi connectivity index (χ4n) is 3.51. The molecule has 2 amide bonds. The van der Waals surface area contributed by atoms with Crippen LogP contribution in [0.5, 0.6) is 0 Å². The molecular weight excluding hydrogens is 407 g/mol. The van der Waals surface area contributed by atoms with Crippen LogP contribution in [0.25, 0.3) is 0 Å². The highest BCUT2D eigenvalue weighted by molar-refractivity contribution is 6.05. The predicted octanol–water partition coefficient (Wildman–Crippen LogP) is 4.77. The van der Waals surface area contributed by atoms with E-state index < -0.39 is 17.6 Å². The minimum Gasteiger partial charge on any atom is -0.325 e. The molecule has 2 aromatic rings. The second kappa shape index (κ2) is 8.70. The molecule has 31 heavy (non-hydrogen) atoms. The summed E-state index contributed by atoms with van der Waals surface area (Å²) in [4.78, 5) is 27.2. The normalized spacial score (nSPS) is 16.3. The van der Waals surface area contributed by atoms with Gasteiger partial charge in [-0.15, -0.1) is 0 Å². The molecule has 0 aromatic heterocycles. The van der Waals surface area contributed by atoms with E-state index in [0.29, 0.717) is 24.2 Å². The molecule has 0 radical (unpaired) electrons. The van der Waals surface area contributed by atoms with Gasteiger partial charge in [0, 0.05) is 29.5 Å². The Labute approximate surface area is 178 Å². The van der Waals surface area contributed by atoms with Crippen LogP contribution in [0.3, 0.4) is 0 Å². The third-order valence-corrected chi connectivity index (χ3v) is 5.46. The van der Waals surface area contributed by atoms with Crippen molar-refractivity contribution in [1.29, 1.82) is 0 Å². The van der Waals surface area contributed by atoms with E-state index in [2.05, 4.69) is 15.5 Å². The maximum atomic E-state index is 12.9. The van der Waals surface area contributed by atoms with Gasteiger partial charge in [0.15, 0.2) is 0 Å². The number of anilines is 2. The van der Waals surface area contributed by atoms with Gasteiger partial charge in [-0.3, -0.25) is 14.5 Å². The highest BCUT2D eigenvalue weighted by Gasteiger charge is 2.34. The summed E-state index contributed by atoms with van der Waals surface area (Å²) in [7, 11) is 0. The molecule has 0 unspecified atom stereocenters. The van der Waals surface area contributed by atoms with E-state index in [9.17, 15) is 22.8 Å². The number of nitrogens with zero attached hydrogens (tertiary/aromatic N) is 1. The molecule has 164 valence electrons. The maximum Gasteiger partial charge on any atom is 0.416 e. The Morgan fingerprint density at radius 1 is 0.935 bits per heavy atom. The highest BCUT2D eigenvalue weighted by atomic mass is 19.4. The molecule has 2 N–H and O–H groups in total. The van der Waals surface area contributed by atoms with Crippen molar-refractivity contribution in [3.63, 3.8) is 0 Å². The number of carbonyl (C=O) groups is 2. The molecule has 0 saturated heterocycles. The number of benzene rings is 2. The Kier molecular flexibility index (Phi) is 6.00. The molecule has 0 atom stereocenters. The number of amides is 2. The van der Waals surface area contributed by atoms with E-state index in [0.717, 1.165) is 31.5 Å². The molecular formula is C23H24F3N3O2. The van der Waals surface area contributed by atoms with E-state index in [1.165, 1.54) is 31.0 Å². The Morgan fingerprint density at radius 3 is 2.26 bits per heavy atom. The molecule has 8 heteroatoms. The summed E-state index contributed by atoms with van der Waals surface area (Å²) in [6.07, 6.45) is 0.233. The zero-order valence-corrected chi connectivity index (χ0v) is 16.9. The number of carbonyl (C=O) groups excluding carboxylic acids is 2. The molecule has 2 fully saturated rings. The number of halogens is 3. The van der Waals surface area contributed by atoms with Crippen molar-refractivity contribution in [3.8, 4) is 0 Å². The van der Waals surface area contributed by atoms with Crippen LogP contribution in [-0.4, -0.2) is 35.8 Å². The Hall–Kier alpha value is -2.87. The minimum absolute atomic E-state index is 0.0504. The summed E-state index contributed by atoms with van der Waals surface area (Å²) in [6.45, 7) is 1.28. The van der Waals surface area contributed by atoms with Crippen molar-refractivity contribution in [1.82, 2.24) is 4.90 Å². The Balaban J connectivity index is 1.37. The van der Waals surface area contributed by atoms with Crippen molar-refractivity contribution < 1.29 is 22.8 Å². The maximum absolute atomic E-state index is 12.9. The van der Waals surface area contributed by atoms with Gasteiger partial charge in [-0.25, -0.2) is 0 Å². The first-order chi connectivity index (χ1) is 14.8. The van der Waals surface area contributed by atoms with Gasteiger partial charge in [0.25, 0.3) is 5.91 Å². The summed E-state index contributed by atoms with van der Waals surface area (Å²) in [5, 5.41) is 5.30. The molecule has 2 aromatic carbocycles. The van der Waals surface area contributed by atoms with Gasteiger partial charge >= 0.3 is 6.18 Å². The van der Waals surface area contributed by atoms with Crippen LogP contribution in [0.1, 0.15) is 41.6 Å². The van der Waals surface area contributed by atoms with Crippen LogP contribution in [0, 0.1) is 5.92 Å². The lowest BCUT2D eigenvalue weighted by Gasteiger charge is -2.21. The Bertz CT molecular complexity index is 969. The molecule has 0 aliphatic heterocycles. The first-order valence-electron chi connectivity index (χ1n) is 10.4. The van der Waals surface area contributed by atoms with Crippen LogP contribution in [0.4, 0.5) is 24.5 Å². The van der Waals surface area contributed by atoms with Crippen LogP contribution in [0.15, 0.2) is 48.5 Å². The van der Waals surface area contributed by atoms with Crippen molar-refractivity contribution >= 4 is 23.2 Å². The van der Waals surface area contributed by atoms with Crippen LogP contribution in [-0.2, 0) is 11.0 Å². The first-order valence-corrected chi connectivity index (χ1v) is 10.4. The van der Waals surface area contributed by atoms with Gasteiger partial charge in [0.05, 0.1) is 12.1 Å². The number of hydrogen-bond acceptors (Lipinski definition) is 3. The SMILES string of the molecule is O=C(CN(CC1CC1)C1CC1)Nc1cccc(C(=O)Nc2cccc(C(F)(F)F)c2)c1. The van der Waals surface area contributed by atoms with E-state index >= 15 is 0 Å². The molecule has 2 saturated carbocycles. The molecule has 0 heterocycles. The van der Waals surface area contributed by atoms with Crippen LogP contribution >= 0.6 is 0 Å². The molecule has 0 spiro atoms. The fraction of sp³-hybridized carbons (Fsp3) is 0.391. The summed E-state index contributed by atoms with van der Waals surface area (Å²) < 4.78 is 38.6. The zero-order valence-electron chi connectivity index (χ0n) is 16.9. The van der Waals surface area contributed by atoms with Gasteiger partial charge in [-0.05, 0) is 68.0 Å². The van der Waals surface area contributed by atoms with Crippen molar-refractivity contribution in [2.75, 3.05) is 23.7 Å². The first kappa shape index (κ1) is 21.4. The highest BCUT2D eigenvalue weighted by Crippen LogP contribution is 2.34. The van der Waals surface area contributed by atoms with Gasteiger partial charge in [0.1, 0.15) is 0 Å². The predicted molar refractivity (Wildman–Crippen MR) is 112 cm³/mol. The zero-order chi connectivity index (χ0) is 22.0. The Morgan fingerprint density at radius 2 is 1.61 bits per heavy atom. The third kappa shape index (κ3) is 6.07. The van der Waals surface area contributed by atoms with Crippen LogP contribution in [0.2, 0.25) is 0 Å². The quantitative estimate of drug-likeness (QED) is 0.633. The minimum atomic E-state index is -4.49. The second-order valence-electron chi connectivity index (χ2n) is 8.27. The number of alkyl halides is 3. The molecule has 0 bridgehead atoms. The van der Waals surface area contributed by atoms with Crippen LogP contribution < -0.4 is 10.6 Å². The largest absolute Gasteiger partial charge is 0.416 e. The molecule has 2 aliphatic rings. The molecule has 5 nitrogen and oxygen atoms in total. The van der Waals surface area contributed by atoms with Gasteiger partial charge in [-0.1, -0.05) is 12.1 Å². The monoisotopic (exact) mass is 431 g/mol. The lowest BCUT2D eigenvalue weighted by Crippen LogP contribution is -2.36. The van der Waals surface area contributed by atoms with Gasteiger partial charge < -0.3 is 10.6 Å². The molecule has 4 rings (SSSR count). The van der Waals surface area contributed by atoms with Crippen molar-refractivity contribution in [2.45, 2.75) is 37.9 Å². The number of nitrogens with one attached hydrogen (secondary N) is 2. The van der Waals surface area contributed by atoms with E-state index in [1.54, 1.807) is 18.2 Å². The number of hydrogen-bond donors (Lipinski definition) is 2. The summed E-state index contributed by atoms with van der Waals surface area (Å²) in [6, 6.07) is 11.3. The van der Waals surface area contributed by atoms with Gasteiger partial charge in [-0.2, -0.15) is 13.2 Å². The standard InChI is InChI=1S/C23H24F3N3O2/c24-23(25,26)17-4-2-6-19(12-17)28-22(31)16-3-1-5-18(11-16)27-21(30)14-29(20-9-10-20)13-15-7-8-15/h1-6,11-12,15,20H,7-10,13-14H2,(H,27,30)(H,28,31). The van der Waals surface area contributed by atoms with Crippen molar-refractivity contribution in [2.24, 2.45) is 5.92 Å². The summed E-state index contributed by atoms with van der Waals surface area (Å²) in [5.41, 5.74) is -0.0664. The topological polar surface area (TPSA) is 61.4 Å². The summed E-state index contributed by atoms with van der Waals surface area (Å²) >= 11 is 0. The average Bonchev–Trinajstić information content (AvgIpc) is 3.61. The van der Waals surface area contributed by atoms with Gasteiger partial charge in [0.2, 0.25) is 5.91 Å².